The molecular formula is C18H22ClN9O2. The summed E-state index contributed by atoms with van der Waals surface area (Å²) in [6.45, 7) is 3.07. The van der Waals surface area contributed by atoms with E-state index in [1.807, 2.05) is 36.9 Å². The summed E-state index contributed by atoms with van der Waals surface area (Å²) in [5, 5.41) is 16.4. The van der Waals surface area contributed by atoms with Gasteiger partial charge in [0.15, 0.2) is 5.65 Å². The third-order valence-electron chi connectivity index (χ3n) is 4.87. The molecule has 1 saturated heterocycles. The van der Waals surface area contributed by atoms with Crippen molar-refractivity contribution in [3.63, 3.8) is 0 Å². The van der Waals surface area contributed by atoms with Gasteiger partial charge in [0.25, 0.3) is 5.56 Å². The number of aromatic amines is 1. The number of fused-ring (bicyclic) bond motifs is 1. The van der Waals surface area contributed by atoms with Gasteiger partial charge in [-0.2, -0.15) is 14.7 Å². The van der Waals surface area contributed by atoms with E-state index in [1.54, 1.807) is 10.6 Å². The molecule has 4 rings (SSSR count). The Kier molecular flexibility index (Phi) is 5.20. The number of urea groups is 1. The Labute approximate surface area is 177 Å². The fourth-order valence-corrected chi connectivity index (χ4v) is 3.70. The van der Waals surface area contributed by atoms with Crippen molar-refractivity contribution < 1.29 is 4.79 Å². The summed E-state index contributed by atoms with van der Waals surface area (Å²) >= 11 is 6.08. The Balaban J connectivity index is 1.44. The minimum atomic E-state index is -0.434. The van der Waals surface area contributed by atoms with E-state index in [0.717, 1.165) is 11.5 Å². The van der Waals surface area contributed by atoms with Gasteiger partial charge in [-0.25, -0.2) is 14.9 Å². The van der Waals surface area contributed by atoms with Crippen LogP contribution >= 0.6 is 11.6 Å². The average molecular weight is 432 g/mol. The average Bonchev–Trinajstić information content (AvgIpc) is 3.28. The lowest BCUT2D eigenvalue weighted by Crippen LogP contribution is -2.40. The van der Waals surface area contributed by atoms with Gasteiger partial charge in [-0.15, -0.1) is 0 Å². The number of anilines is 3. The Morgan fingerprint density at radius 3 is 2.93 bits per heavy atom. The maximum Gasteiger partial charge on any atom is 0.320 e. The molecule has 3 N–H and O–H groups in total. The number of aromatic nitrogens is 5. The number of aryl methyl sites for hydroxylation is 1. The van der Waals surface area contributed by atoms with Crippen molar-refractivity contribution >= 4 is 40.6 Å². The number of carbonyl (C=O) groups excluding carboxylic acids is 1. The number of amides is 2. The van der Waals surface area contributed by atoms with Crippen molar-refractivity contribution in [3.05, 3.63) is 39.4 Å². The van der Waals surface area contributed by atoms with Crippen LogP contribution in [0.3, 0.4) is 0 Å². The van der Waals surface area contributed by atoms with Gasteiger partial charge in [0.1, 0.15) is 16.7 Å². The van der Waals surface area contributed by atoms with Crippen molar-refractivity contribution in [2.24, 2.45) is 0 Å². The molecule has 1 fully saturated rings. The van der Waals surface area contributed by atoms with Crippen LogP contribution in [-0.2, 0) is 0 Å². The molecule has 0 radical (unpaired) electrons. The van der Waals surface area contributed by atoms with Crippen LogP contribution in [0.15, 0.2) is 23.1 Å². The van der Waals surface area contributed by atoms with Crippen LogP contribution in [0.4, 0.5) is 22.1 Å². The first-order chi connectivity index (χ1) is 14.3. The van der Waals surface area contributed by atoms with E-state index >= 15 is 0 Å². The third kappa shape index (κ3) is 3.88. The number of H-pyrrole nitrogens is 1. The summed E-state index contributed by atoms with van der Waals surface area (Å²) in [6, 6.07) is 3.16. The van der Waals surface area contributed by atoms with E-state index in [-0.39, 0.29) is 17.1 Å². The van der Waals surface area contributed by atoms with Crippen molar-refractivity contribution in [1.29, 1.82) is 0 Å². The van der Waals surface area contributed by atoms with E-state index in [2.05, 4.69) is 30.9 Å². The second-order valence-corrected chi connectivity index (χ2v) is 7.76. The van der Waals surface area contributed by atoms with Gasteiger partial charge in [-0.1, -0.05) is 11.6 Å². The standard InChI is InChI=1S/C18H22ClN9O2/c1-10-6-14-22-13(7-15(26(2)3)28(14)25-10)23-18(30)21-11-4-5-27(9-11)12-8-20-24-17(29)16(12)19/h6-8,11H,4-5,9H2,1-3H3,(H,24,29)(H2,21,22,23,30). The molecule has 1 aliphatic rings. The van der Waals surface area contributed by atoms with E-state index in [9.17, 15) is 9.59 Å². The topological polar surface area (TPSA) is 124 Å². The zero-order chi connectivity index (χ0) is 21.4. The minimum Gasteiger partial charge on any atom is -0.367 e. The summed E-state index contributed by atoms with van der Waals surface area (Å²) in [7, 11) is 3.80. The lowest BCUT2D eigenvalue weighted by molar-refractivity contribution is 0.249. The van der Waals surface area contributed by atoms with Gasteiger partial charge in [0.2, 0.25) is 0 Å². The normalized spacial score (nSPS) is 16.1. The summed E-state index contributed by atoms with van der Waals surface area (Å²) in [5.74, 6) is 1.23. The maximum absolute atomic E-state index is 12.5. The number of nitrogens with one attached hydrogen (secondary N) is 3. The fraction of sp³-hybridized carbons (Fsp3) is 0.389. The highest BCUT2D eigenvalue weighted by atomic mass is 35.5. The van der Waals surface area contributed by atoms with E-state index in [0.29, 0.717) is 36.7 Å². The largest absolute Gasteiger partial charge is 0.367 e. The number of rotatable bonds is 4. The predicted molar refractivity (Wildman–Crippen MR) is 115 cm³/mol. The van der Waals surface area contributed by atoms with Gasteiger partial charge in [0.05, 0.1) is 17.6 Å². The molecular weight excluding hydrogens is 410 g/mol. The molecule has 0 aliphatic carbocycles. The molecule has 1 unspecified atom stereocenters. The van der Waals surface area contributed by atoms with Crippen LogP contribution in [-0.4, -0.2) is 64.1 Å². The van der Waals surface area contributed by atoms with Crippen LogP contribution in [0, 0.1) is 6.92 Å². The Hall–Kier alpha value is -3.34. The van der Waals surface area contributed by atoms with Crippen molar-refractivity contribution in [2.45, 2.75) is 19.4 Å². The number of hydrogen-bond acceptors (Lipinski definition) is 7. The molecule has 4 heterocycles. The Morgan fingerprint density at radius 2 is 2.17 bits per heavy atom. The van der Waals surface area contributed by atoms with Crippen molar-refractivity contribution in [3.8, 4) is 0 Å². The summed E-state index contributed by atoms with van der Waals surface area (Å²) in [5.41, 5.74) is 1.61. The van der Waals surface area contributed by atoms with Crippen LogP contribution in [0.2, 0.25) is 5.02 Å². The Morgan fingerprint density at radius 1 is 1.37 bits per heavy atom. The van der Waals surface area contributed by atoms with Crippen LogP contribution in [0.25, 0.3) is 5.65 Å². The molecule has 3 aromatic rings. The minimum absolute atomic E-state index is 0.0971. The SMILES string of the molecule is Cc1cc2nc(NC(=O)NC3CCN(c4cn[nH]c(=O)c4Cl)C3)cc(N(C)C)n2n1. The smallest absolute Gasteiger partial charge is 0.320 e. The molecule has 158 valence electrons. The zero-order valence-corrected chi connectivity index (χ0v) is 17.6. The zero-order valence-electron chi connectivity index (χ0n) is 16.8. The van der Waals surface area contributed by atoms with E-state index in [1.165, 1.54) is 6.20 Å². The molecule has 0 bridgehead atoms. The van der Waals surface area contributed by atoms with Crippen LogP contribution in [0.5, 0.6) is 0 Å². The molecule has 2 amide bonds. The molecule has 3 aromatic heterocycles. The predicted octanol–water partition coefficient (Wildman–Crippen LogP) is 1.24. The monoisotopic (exact) mass is 431 g/mol. The fourth-order valence-electron chi connectivity index (χ4n) is 3.48. The van der Waals surface area contributed by atoms with Gasteiger partial charge < -0.3 is 15.1 Å². The highest BCUT2D eigenvalue weighted by molar-refractivity contribution is 6.33. The number of carbonyl (C=O) groups is 1. The lowest BCUT2D eigenvalue weighted by Gasteiger charge is -2.19. The number of nitrogens with zero attached hydrogens (tertiary/aromatic N) is 6. The van der Waals surface area contributed by atoms with Gasteiger partial charge >= 0.3 is 6.03 Å². The molecule has 0 aromatic carbocycles. The molecule has 11 nitrogen and oxygen atoms in total. The van der Waals surface area contributed by atoms with E-state index < -0.39 is 5.56 Å². The maximum atomic E-state index is 12.5. The van der Waals surface area contributed by atoms with Gasteiger partial charge in [-0.05, 0) is 13.3 Å². The summed E-state index contributed by atoms with van der Waals surface area (Å²) in [6.07, 6.45) is 2.23. The number of halogens is 1. The molecule has 12 heteroatoms. The van der Waals surface area contributed by atoms with Gasteiger partial charge in [0, 0.05) is 45.4 Å². The summed E-state index contributed by atoms with van der Waals surface area (Å²) < 4.78 is 1.73. The third-order valence-corrected chi connectivity index (χ3v) is 5.24. The Bertz CT molecular complexity index is 1160. The lowest BCUT2D eigenvalue weighted by atomic mass is 10.3. The molecule has 1 aliphatic heterocycles. The highest BCUT2D eigenvalue weighted by Crippen LogP contribution is 2.25. The first-order valence-electron chi connectivity index (χ1n) is 9.42. The van der Waals surface area contributed by atoms with Gasteiger partial charge in [-0.3, -0.25) is 10.1 Å². The van der Waals surface area contributed by atoms with Crippen LogP contribution in [0.1, 0.15) is 12.1 Å². The first kappa shape index (κ1) is 20.0. The molecule has 1 atom stereocenters. The summed E-state index contributed by atoms with van der Waals surface area (Å²) in [4.78, 5) is 32.5. The quantitative estimate of drug-likeness (QED) is 0.567. The molecule has 0 spiro atoms. The first-order valence-corrected chi connectivity index (χ1v) is 9.80. The second-order valence-electron chi connectivity index (χ2n) is 7.38. The molecule has 30 heavy (non-hydrogen) atoms. The second kappa shape index (κ2) is 7.82. The van der Waals surface area contributed by atoms with Crippen molar-refractivity contribution in [1.82, 2.24) is 30.1 Å². The molecule has 0 saturated carbocycles. The number of hydrogen-bond donors (Lipinski definition) is 3. The van der Waals surface area contributed by atoms with E-state index in [4.69, 9.17) is 11.6 Å². The van der Waals surface area contributed by atoms with Crippen LogP contribution < -0.4 is 26.0 Å². The highest BCUT2D eigenvalue weighted by Gasteiger charge is 2.26. The van der Waals surface area contributed by atoms with Crippen molar-refractivity contribution in [2.75, 3.05) is 42.3 Å².